The highest BCUT2D eigenvalue weighted by molar-refractivity contribution is 6.00. The molecular formula is C9H13N3O2. The molecule has 1 aromatic carbocycles. The summed E-state index contributed by atoms with van der Waals surface area (Å²) < 4.78 is 10.1. The average Bonchev–Trinajstić information content (AvgIpc) is 2.27. The molecule has 0 saturated heterocycles. The van der Waals surface area contributed by atoms with Crippen LogP contribution in [0, 0.1) is 0 Å². The molecule has 1 aromatic rings. The van der Waals surface area contributed by atoms with Crippen LogP contribution in [-0.2, 0) is 0 Å². The van der Waals surface area contributed by atoms with Gasteiger partial charge in [-0.2, -0.15) is 5.10 Å². The first kappa shape index (κ1) is 10.2. The fraction of sp³-hybridized carbons (Fsp3) is 0.222. The molecule has 14 heavy (non-hydrogen) atoms. The Morgan fingerprint density at radius 2 is 2.00 bits per heavy atom. The summed E-state index contributed by atoms with van der Waals surface area (Å²) in [6.45, 7) is 0. The molecule has 0 bridgehead atoms. The van der Waals surface area contributed by atoms with Crippen LogP contribution in [0.3, 0.4) is 0 Å². The second-order valence-corrected chi connectivity index (χ2v) is 2.58. The Morgan fingerprint density at radius 1 is 1.29 bits per heavy atom. The van der Waals surface area contributed by atoms with Crippen LogP contribution in [0.2, 0.25) is 0 Å². The molecule has 0 spiro atoms. The van der Waals surface area contributed by atoms with Gasteiger partial charge in [0.1, 0.15) is 11.5 Å². The van der Waals surface area contributed by atoms with Gasteiger partial charge in [-0.15, -0.1) is 0 Å². The summed E-state index contributed by atoms with van der Waals surface area (Å²) >= 11 is 0. The molecule has 0 radical (unpaired) electrons. The van der Waals surface area contributed by atoms with Gasteiger partial charge >= 0.3 is 0 Å². The predicted octanol–water partition coefficient (Wildman–Crippen LogP) is 0.283. The highest BCUT2D eigenvalue weighted by atomic mass is 16.5. The zero-order valence-electron chi connectivity index (χ0n) is 8.15. The Balaban J connectivity index is 3.21. The van der Waals surface area contributed by atoms with Gasteiger partial charge in [-0.3, -0.25) is 0 Å². The summed E-state index contributed by atoms with van der Waals surface area (Å²) in [6, 6.07) is 5.23. The van der Waals surface area contributed by atoms with Gasteiger partial charge in [0.25, 0.3) is 0 Å². The summed E-state index contributed by atoms with van der Waals surface area (Å²) in [5, 5.41) is 3.40. The van der Waals surface area contributed by atoms with Crippen molar-refractivity contribution in [1.82, 2.24) is 0 Å². The fourth-order valence-corrected chi connectivity index (χ4v) is 1.08. The van der Waals surface area contributed by atoms with E-state index in [4.69, 9.17) is 21.1 Å². The first-order valence-electron chi connectivity index (χ1n) is 3.98. The Kier molecular flexibility index (Phi) is 3.17. The van der Waals surface area contributed by atoms with Crippen molar-refractivity contribution in [3.63, 3.8) is 0 Å². The van der Waals surface area contributed by atoms with Crippen molar-refractivity contribution in [2.45, 2.75) is 0 Å². The molecule has 0 atom stereocenters. The first-order valence-corrected chi connectivity index (χ1v) is 3.98. The molecule has 5 nitrogen and oxygen atoms in total. The van der Waals surface area contributed by atoms with E-state index in [-0.39, 0.29) is 5.84 Å². The molecule has 0 aliphatic heterocycles. The summed E-state index contributed by atoms with van der Waals surface area (Å²) in [5.74, 6) is 6.58. The molecule has 1 rings (SSSR count). The van der Waals surface area contributed by atoms with Crippen molar-refractivity contribution in [2.24, 2.45) is 16.7 Å². The summed E-state index contributed by atoms with van der Waals surface area (Å²) in [7, 11) is 3.12. The summed E-state index contributed by atoms with van der Waals surface area (Å²) in [5.41, 5.74) is 6.20. The van der Waals surface area contributed by atoms with E-state index in [9.17, 15) is 0 Å². The van der Waals surface area contributed by atoms with E-state index in [2.05, 4.69) is 5.10 Å². The number of ether oxygens (including phenoxy) is 2. The highest BCUT2D eigenvalue weighted by Crippen LogP contribution is 2.23. The molecular weight excluding hydrogens is 182 g/mol. The molecule has 0 amide bonds. The van der Waals surface area contributed by atoms with Crippen LogP contribution in [-0.4, -0.2) is 20.1 Å². The number of benzene rings is 1. The van der Waals surface area contributed by atoms with Gasteiger partial charge in [0, 0.05) is 0 Å². The number of methoxy groups -OCH3 is 2. The van der Waals surface area contributed by atoms with Crippen molar-refractivity contribution in [2.75, 3.05) is 14.2 Å². The Bertz CT molecular complexity index is 350. The number of hydrazone groups is 1. The maximum Gasteiger partial charge on any atom is 0.154 e. The van der Waals surface area contributed by atoms with E-state index in [0.29, 0.717) is 17.1 Å². The molecule has 0 unspecified atom stereocenters. The first-order chi connectivity index (χ1) is 6.72. The number of rotatable bonds is 3. The lowest BCUT2D eigenvalue weighted by molar-refractivity contribution is 0.402. The van der Waals surface area contributed by atoms with Crippen molar-refractivity contribution in [3.8, 4) is 11.5 Å². The molecule has 0 saturated carbocycles. The van der Waals surface area contributed by atoms with Crippen molar-refractivity contribution in [1.29, 1.82) is 0 Å². The average molecular weight is 195 g/mol. The van der Waals surface area contributed by atoms with Crippen molar-refractivity contribution >= 4 is 5.84 Å². The molecule has 4 N–H and O–H groups in total. The van der Waals surface area contributed by atoms with Gasteiger partial charge in [-0.05, 0) is 18.2 Å². The van der Waals surface area contributed by atoms with Gasteiger partial charge < -0.3 is 21.1 Å². The number of hydrogen-bond donors (Lipinski definition) is 2. The zero-order chi connectivity index (χ0) is 10.6. The lowest BCUT2D eigenvalue weighted by Gasteiger charge is -2.08. The largest absolute Gasteiger partial charge is 0.497 e. The molecule has 76 valence electrons. The van der Waals surface area contributed by atoms with Crippen LogP contribution < -0.4 is 21.1 Å². The van der Waals surface area contributed by atoms with Gasteiger partial charge in [0.15, 0.2) is 5.84 Å². The molecule has 0 fully saturated rings. The van der Waals surface area contributed by atoms with E-state index in [1.807, 2.05) is 0 Å². The number of nitrogens with zero attached hydrogens (tertiary/aromatic N) is 1. The van der Waals surface area contributed by atoms with Gasteiger partial charge in [0.05, 0.1) is 19.8 Å². The minimum absolute atomic E-state index is 0.209. The molecule has 5 heteroatoms. The summed E-state index contributed by atoms with van der Waals surface area (Å²) in [4.78, 5) is 0. The zero-order valence-corrected chi connectivity index (χ0v) is 8.15. The second kappa shape index (κ2) is 4.36. The Labute approximate surface area is 82.3 Å². The predicted molar refractivity (Wildman–Crippen MR) is 54.5 cm³/mol. The van der Waals surface area contributed by atoms with Crippen LogP contribution >= 0.6 is 0 Å². The monoisotopic (exact) mass is 195 g/mol. The minimum atomic E-state index is 0.209. The lowest BCUT2D eigenvalue weighted by Crippen LogP contribution is -2.16. The minimum Gasteiger partial charge on any atom is -0.497 e. The van der Waals surface area contributed by atoms with E-state index >= 15 is 0 Å². The van der Waals surface area contributed by atoms with Crippen LogP contribution in [0.5, 0.6) is 11.5 Å². The van der Waals surface area contributed by atoms with Crippen molar-refractivity contribution in [3.05, 3.63) is 23.8 Å². The number of amidine groups is 1. The van der Waals surface area contributed by atoms with E-state index < -0.39 is 0 Å². The topological polar surface area (TPSA) is 82.9 Å². The van der Waals surface area contributed by atoms with Gasteiger partial charge in [0.2, 0.25) is 0 Å². The lowest BCUT2D eigenvalue weighted by atomic mass is 10.1. The van der Waals surface area contributed by atoms with E-state index in [1.165, 1.54) is 0 Å². The smallest absolute Gasteiger partial charge is 0.154 e. The summed E-state index contributed by atoms with van der Waals surface area (Å²) in [6.07, 6.45) is 0. The molecule has 0 aromatic heterocycles. The third-order valence-electron chi connectivity index (χ3n) is 1.82. The maximum atomic E-state index is 5.58. The molecule has 0 heterocycles. The third-order valence-corrected chi connectivity index (χ3v) is 1.82. The number of hydrogen-bond acceptors (Lipinski definition) is 4. The third kappa shape index (κ3) is 1.87. The van der Waals surface area contributed by atoms with Crippen LogP contribution in [0.1, 0.15) is 5.56 Å². The molecule has 0 aliphatic rings. The SMILES string of the molecule is COc1ccc(OC)c(C(N)=NN)c1. The van der Waals surface area contributed by atoms with Crippen LogP contribution in [0.15, 0.2) is 23.3 Å². The standard InChI is InChI=1S/C9H13N3O2/c1-13-6-3-4-8(14-2)7(5-6)9(10)12-11/h3-5H,11H2,1-2H3,(H2,10,12). The van der Waals surface area contributed by atoms with Gasteiger partial charge in [-0.1, -0.05) is 0 Å². The highest BCUT2D eigenvalue weighted by Gasteiger charge is 2.08. The van der Waals surface area contributed by atoms with Crippen LogP contribution in [0.25, 0.3) is 0 Å². The Morgan fingerprint density at radius 3 is 2.50 bits per heavy atom. The second-order valence-electron chi connectivity index (χ2n) is 2.58. The fourth-order valence-electron chi connectivity index (χ4n) is 1.08. The van der Waals surface area contributed by atoms with Crippen LogP contribution in [0.4, 0.5) is 0 Å². The van der Waals surface area contributed by atoms with E-state index in [1.54, 1.807) is 32.4 Å². The quantitative estimate of drug-likeness (QED) is 0.314. The van der Waals surface area contributed by atoms with E-state index in [0.717, 1.165) is 0 Å². The van der Waals surface area contributed by atoms with Gasteiger partial charge in [-0.25, -0.2) is 0 Å². The Hall–Kier alpha value is -1.91. The maximum absolute atomic E-state index is 5.58. The van der Waals surface area contributed by atoms with Crippen molar-refractivity contribution < 1.29 is 9.47 Å². The number of nitrogens with two attached hydrogens (primary N) is 2. The molecule has 0 aliphatic carbocycles. The normalized spacial score (nSPS) is 11.1.